The summed E-state index contributed by atoms with van der Waals surface area (Å²) >= 11 is 8.57. The Morgan fingerprint density at radius 1 is 1.06 bits per heavy atom. The summed E-state index contributed by atoms with van der Waals surface area (Å²) in [6.45, 7) is 0.301. The number of nitrogens with zero attached hydrogens (tertiary/aromatic N) is 2. The Balaban J connectivity index is 1.55. The summed E-state index contributed by atoms with van der Waals surface area (Å²) in [5, 5.41) is 1.01. The van der Waals surface area contributed by atoms with Gasteiger partial charge in [-0.15, -0.1) is 11.8 Å². The maximum absolute atomic E-state index is 14.2. The van der Waals surface area contributed by atoms with Crippen LogP contribution >= 0.6 is 34.7 Å². The van der Waals surface area contributed by atoms with E-state index in [0.29, 0.717) is 27.2 Å². The van der Waals surface area contributed by atoms with Crippen molar-refractivity contribution in [2.24, 2.45) is 0 Å². The monoisotopic (exact) mass is 474 g/mol. The van der Waals surface area contributed by atoms with Crippen LogP contribution < -0.4 is 4.90 Å². The van der Waals surface area contributed by atoms with Gasteiger partial charge in [-0.05, 0) is 35.9 Å². The number of aromatic nitrogens is 1. The Morgan fingerprint density at radius 3 is 2.55 bits per heavy atom. The van der Waals surface area contributed by atoms with E-state index in [9.17, 15) is 13.6 Å². The number of carbonyl (C=O) groups is 1. The van der Waals surface area contributed by atoms with Crippen LogP contribution in [0, 0.1) is 11.6 Å². The van der Waals surface area contributed by atoms with Gasteiger partial charge in [0.1, 0.15) is 11.3 Å². The Morgan fingerprint density at radius 2 is 1.81 bits per heavy atom. The first kappa shape index (κ1) is 21.7. The molecule has 0 unspecified atom stereocenters. The van der Waals surface area contributed by atoms with Crippen molar-refractivity contribution in [3.05, 3.63) is 89.0 Å². The van der Waals surface area contributed by atoms with Gasteiger partial charge in [-0.25, -0.2) is 13.8 Å². The van der Waals surface area contributed by atoms with Gasteiger partial charge in [0.2, 0.25) is 5.91 Å². The second kappa shape index (κ2) is 9.77. The lowest BCUT2D eigenvalue weighted by atomic mass is 10.2. The van der Waals surface area contributed by atoms with Crippen molar-refractivity contribution in [2.75, 3.05) is 10.7 Å². The van der Waals surface area contributed by atoms with E-state index < -0.39 is 11.6 Å². The molecule has 0 atom stereocenters. The van der Waals surface area contributed by atoms with E-state index in [1.54, 1.807) is 16.7 Å². The Bertz CT molecular complexity index is 1200. The van der Waals surface area contributed by atoms with Crippen molar-refractivity contribution in [3.63, 3.8) is 0 Å². The predicted molar refractivity (Wildman–Crippen MR) is 124 cm³/mol. The van der Waals surface area contributed by atoms with Crippen LogP contribution in [0.1, 0.15) is 12.0 Å². The topological polar surface area (TPSA) is 33.2 Å². The number of rotatable bonds is 7. The van der Waals surface area contributed by atoms with Crippen molar-refractivity contribution in [1.82, 2.24) is 4.98 Å². The van der Waals surface area contributed by atoms with Crippen molar-refractivity contribution in [3.8, 4) is 0 Å². The smallest absolute Gasteiger partial charge is 0.229 e. The molecule has 0 radical (unpaired) electrons. The molecule has 0 saturated carbocycles. The molecule has 0 saturated heterocycles. The van der Waals surface area contributed by atoms with Crippen molar-refractivity contribution in [1.29, 1.82) is 0 Å². The minimum atomic E-state index is -0.733. The molecule has 4 aromatic rings. The summed E-state index contributed by atoms with van der Waals surface area (Å²) in [6, 6.07) is 19.0. The number of anilines is 1. The van der Waals surface area contributed by atoms with E-state index in [1.807, 2.05) is 54.6 Å². The summed E-state index contributed by atoms with van der Waals surface area (Å²) in [6.07, 6.45) is 0.271. The van der Waals surface area contributed by atoms with Gasteiger partial charge in [0.25, 0.3) is 0 Å². The van der Waals surface area contributed by atoms with Gasteiger partial charge in [0, 0.05) is 28.2 Å². The molecule has 3 aromatic carbocycles. The summed E-state index contributed by atoms with van der Waals surface area (Å²) in [7, 11) is 0. The minimum absolute atomic E-state index is 0.0720. The average molecular weight is 475 g/mol. The molecule has 0 N–H and O–H groups in total. The number of thiazole rings is 1. The molecule has 3 nitrogen and oxygen atoms in total. The van der Waals surface area contributed by atoms with E-state index in [1.165, 1.54) is 6.07 Å². The summed E-state index contributed by atoms with van der Waals surface area (Å²) < 4.78 is 28.1. The van der Waals surface area contributed by atoms with Crippen molar-refractivity contribution < 1.29 is 13.6 Å². The highest BCUT2D eigenvalue weighted by atomic mass is 35.5. The molecular formula is C23H17ClF2N2OS2. The number of hydrogen-bond acceptors (Lipinski definition) is 4. The van der Waals surface area contributed by atoms with Crippen LogP contribution in [0.3, 0.4) is 0 Å². The fraction of sp³-hybridized carbons (Fsp3) is 0.130. The minimum Gasteiger partial charge on any atom is -0.284 e. The van der Waals surface area contributed by atoms with Gasteiger partial charge in [-0.1, -0.05) is 53.3 Å². The van der Waals surface area contributed by atoms with E-state index in [-0.39, 0.29) is 17.8 Å². The zero-order valence-corrected chi connectivity index (χ0v) is 18.6. The van der Waals surface area contributed by atoms with E-state index >= 15 is 0 Å². The van der Waals surface area contributed by atoms with Gasteiger partial charge in [-0.3, -0.25) is 9.69 Å². The number of benzene rings is 3. The summed E-state index contributed by atoms with van der Waals surface area (Å²) in [5.74, 6) is -0.965. The molecule has 31 heavy (non-hydrogen) atoms. The number of carbonyl (C=O) groups excluding carboxylic acids is 1. The molecule has 1 heterocycles. The number of hydrogen-bond donors (Lipinski definition) is 0. The van der Waals surface area contributed by atoms with E-state index in [0.717, 1.165) is 27.9 Å². The van der Waals surface area contributed by atoms with Crippen molar-refractivity contribution in [2.45, 2.75) is 17.9 Å². The summed E-state index contributed by atoms with van der Waals surface area (Å²) in [5.41, 5.74) is 0.995. The van der Waals surface area contributed by atoms with Crippen LogP contribution in [0.4, 0.5) is 13.9 Å². The summed E-state index contributed by atoms with van der Waals surface area (Å²) in [4.78, 5) is 20.0. The van der Waals surface area contributed by atoms with Crippen molar-refractivity contribution >= 4 is 56.0 Å². The van der Waals surface area contributed by atoms with Gasteiger partial charge in [-0.2, -0.15) is 0 Å². The highest BCUT2D eigenvalue weighted by Crippen LogP contribution is 2.32. The van der Waals surface area contributed by atoms with E-state index in [2.05, 4.69) is 4.98 Å². The quantitative estimate of drug-likeness (QED) is 0.272. The molecule has 1 amide bonds. The van der Waals surface area contributed by atoms with Gasteiger partial charge in [0.05, 0.1) is 11.2 Å². The maximum atomic E-state index is 14.2. The van der Waals surface area contributed by atoms with Gasteiger partial charge >= 0.3 is 0 Å². The van der Waals surface area contributed by atoms with Crippen LogP contribution in [0.2, 0.25) is 5.02 Å². The lowest BCUT2D eigenvalue weighted by Crippen LogP contribution is -2.30. The van der Waals surface area contributed by atoms with Crippen LogP contribution in [-0.2, 0) is 11.3 Å². The lowest BCUT2D eigenvalue weighted by Gasteiger charge is -2.20. The number of fused-ring (bicyclic) bond motifs is 1. The fourth-order valence-electron chi connectivity index (χ4n) is 3.01. The van der Waals surface area contributed by atoms with Crippen LogP contribution in [-0.4, -0.2) is 16.6 Å². The Labute approximate surface area is 191 Å². The second-order valence-electron chi connectivity index (χ2n) is 6.75. The zero-order valence-electron chi connectivity index (χ0n) is 16.2. The number of halogens is 3. The third kappa shape index (κ3) is 5.42. The molecule has 8 heteroatoms. The largest absolute Gasteiger partial charge is 0.284 e. The number of thioether (sulfide) groups is 1. The first-order valence-electron chi connectivity index (χ1n) is 9.48. The average Bonchev–Trinajstić information content (AvgIpc) is 3.18. The molecule has 0 bridgehead atoms. The van der Waals surface area contributed by atoms with Gasteiger partial charge < -0.3 is 0 Å². The first-order chi connectivity index (χ1) is 15.0. The molecule has 0 aliphatic heterocycles. The molecule has 0 aliphatic rings. The van der Waals surface area contributed by atoms with E-state index in [4.69, 9.17) is 11.6 Å². The van der Waals surface area contributed by atoms with Crippen LogP contribution in [0.5, 0.6) is 0 Å². The molecule has 158 valence electrons. The molecule has 0 aliphatic carbocycles. The third-order valence-electron chi connectivity index (χ3n) is 4.52. The Kier molecular flexibility index (Phi) is 6.85. The highest BCUT2D eigenvalue weighted by Gasteiger charge is 2.21. The standard InChI is InChI=1S/C23H17ClF2N2OS2/c24-16-6-8-18(9-7-16)30-11-10-21(29)28(14-15-4-2-1-3-5-15)23-27-22-19(26)12-17(25)13-20(22)31-23/h1-9,12-13H,10-11,14H2. The van der Waals surface area contributed by atoms with Crippen LogP contribution in [0.25, 0.3) is 10.2 Å². The molecule has 0 fully saturated rings. The highest BCUT2D eigenvalue weighted by molar-refractivity contribution is 7.99. The molecule has 4 rings (SSSR count). The molecular weight excluding hydrogens is 458 g/mol. The Hall–Kier alpha value is -2.48. The number of amides is 1. The normalized spacial score (nSPS) is 11.1. The fourth-order valence-corrected chi connectivity index (χ4v) is 5.00. The van der Waals surface area contributed by atoms with Gasteiger partial charge in [0.15, 0.2) is 10.9 Å². The third-order valence-corrected chi connectivity index (χ3v) is 6.81. The predicted octanol–water partition coefficient (Wildman–Crippen LogP) is 6.94. The second-order valence-corrected chi connectivity index (χ2v) is 9.36. The lowest BCUT2D eigenvalue weighted by molar-refractivity contribution is -0.118. The van der Waals surface area contributed by atoms with Crippen LogP contribution in [0.15, 0.2) is 71.6 Å². The molecule has 1 aromatic heterocycles. The maximum Gasteiger partial charge on any atom is 0.229 e. The molecule has 0 spiro atoms. The first-order valence-corrected chi connectivity index (χ1v) is 11.7. The zero-order chi connectivity index (χ0) is 21.8. The SMILES string of the molecule is O=C(CCSc1ccc(Cl)cc1)N(Cc1ccccc1)c1nc2c(F)cc(F)cc2s1.